The van der Waals surface area contributed by atoms with E-state index in [9.17, 15) is 5.26 Å². The highest BCUT2D eigenvalue weighted by atomic mass is 35.5. The van der Waals surface area contributed by atoms with Gasteiger partial charge in [-0.2, -0.15) is 5.26 Å². The van der Waals surface area contributed by atoms with E-state index < -0.39 is 5.41 Å². The Labute approximate surface area is 204 Å². The largest absolute Gasteiger partial charge is 0.301 e. The molecule has 1 saturated carbocycles. The first-order valence-electron chi connectivity index (χ1n) is 12.2. The van der Waals surface area contributed by atoms with Crippen molar-refractivity contribution in [3.63, 3.8) is 0 Å². The zero-order valence-electron chi connectivity index (χ0n) is 19.5. The predicted molar refractivity (Wildman–Crippen MR) is 136 cm³/mol. The van der Waals surface area contributed by atoms with Crippen LogP contribution in [0.15, 0.2) is 48.5 Å². The van der Waals surface area contributed by atoms with Crippen molar-refractivity contribution >= 4 is 23.2 Å². The van der Waals surface area contributed by atoms with Crippen LogP contribution in [0.25, 0.3) is 0 Å². The molecule has 2 unspecified atom stereocenters. The lowest BCUT2D eigenvalue weighted by Crippen LogP contribution is -2.40. The molecule has 32 heavy (non-hydrogen) atoms. The zero-order valence-corrected chi connectivity index (χ0v) is 21.0. The van der Waals surface area contributed by atoms with Gasteiger partial charge in [0.15, 0.2) is 0 Å². The minimum atomic E-state index is -0.622. The first-order valence-corrected chi connectivity index (χ1v) is 12.9. The molecular weight excluding hydrogens is 435 g/mol. The summed E-state index contributed by atoms with van der Waals surface area (Å²) in [6, 6.07) is 19.5. The normalized spacial score (nSPS) is 17.6. The fraction of sp³-hybridized carbons (Fsp3) is 0.536. The van der Waals surface area contributed by atoms with Crippen molar-refractivity contribution in [1.29, 1.82) is 5.26 Å². The van der Waals surface area contributed by atoms with Crippen LogP contribution in [-0.4, -0.2) is 24.0 Å². The first-order chi connectivity index (χ1) is 15.5. The van der Waals surface area contributed by atoms with Crippen molar-refractivity contribution in [3.8, 4) is 6.07 Å². The van der Waals surface area contributed by atoms with E-state index in [0.717, 1.165) is 50.8 Å². The van der Waals surface area contributed by atoms with Crippen molar-refractivity contribution in [2.24, 2.45) is 5.92 Å². The van der Waals surface area contributed by atoms with Crippen LogP contribution < -0.4 is 0 Å². The van der Waals surface area contributed by atoms with Gasteiger partial charge in [0, 0.05) is 28.2 Å². The molecule has 0 radical (unpaired) electrons. The van der Waals surface area contributed by atoms with E-state index in [2.05, 4.69) is 55.1 Å². The van der Waals surface area contributed by atoms with E-state index in [1.54, 1.807) is 0 Å². The average molecular weight is 472 g/mol. The van der Waals surface area contributed by atoms with Gasteiger partial charge in [-0.3, -0.25) is 0 Å². The van der Waals surface area contributed by atoms with Crippen LogP contribution in [-0.2, 0) is 11.8 Å². The Morgan fingerprint density at radius 1 is 1.03 bits per heavy atom. The molecule has 1 aliphatic rings. The molecule has 0 heterocycles. The third kappa shape index (κ3) is 5.88. The number of benzene rings is 2. The number of hydrogen-bond acceptors (Lipinski definition) is 2. The summed E-state index contributed by atoms with van der Waals surface area (Å²) in [5.74, 6) is 0.310. The standard InChI is InChI=1S/C28H36Cl2N2/c1-3-32(20-18-23-11-6-4-7-12-23)22(2)17-19-28(21-31,24-13-8-5-9-14-24)27-25(29)15-10-16-26(27)30/h4,6-7,10-12,15-16,22,24H,3,5,8-9,13-14,17-20H2,1-2H3. The SMILES string of the molecule is CCN(CCc1ccccc1)C(C)CCC(C#N)(c1c(Cl)cccc1Cl)C1CCCCC1. The number of nitrogens with zero attached hydrogens (tertiary/aromatic N) is 2. The van der Waals surface area contributed by atoms with Crippen molar-refractivity contribution in [1.82, 2.24) is 4.90 Å². The third-order valence-corrected chi connectivity index (χ3v) is 8.06. The van der Waals surface area contributed by atoms with Crippen molar-refractivity contribution in [2.75, 3.05) is 13.1 Å². The minimum Gasteiger partial charge on any atom is -0.301 e. The molecule has 2 atom stereocenters. The van der Waals surface area contributed by atoms with Gasteiger partial charge in [-0.05, 0) is 69.2 Å². The molecule has 172 valence electrons. The monoisotopic (exact) mass is 470 g/mol. The van der Waals surface area contributed by atoms with Crippen molar-refractivity contribution in [2.45, 2.75) is 76.7 Å². The zero-order chi connectivity index (χ0) is 23.0. The lowest BCUT2D eigenvalue weighted by molar-refractivity contribution is 0.179. The molecule has 0 spiro atoms. The van der Waals surface area contributed by atoms with Gasteiger partial charge >= 0.3 is 0 Å². The summed E-state index contributed by atoms with van der Waals surface area (Å²) >= 11 is 13.4. The van der Waals surface area contributed by atoms with E-state index in [1.807, 2.05) is 18.2 Å². The number of nitriles is 1. The number of halogens is 2. The van der Waals surface area contributed by atoms with Crippen molar-refractivity contribution < 1.29 is 0 Å². The Kier molecular flexibility index (Phi) is 9.47. The fourth-order valence-electron chi connectivity index (χ4n) is 5.48. The van der Waals surface area contributed by atoms with Gasteiger partial charge in [-0.1, -0.05) is 85.8 Å². The van der Waals surface area contributed by atoms with E-state index in [1.165, 1.54) is 24.8 Å². The molecule has 0 aliphatic heterocycles. The summed E-state index contributed by atoms with van der Waals surface area (Å²) in [5, 5.41) is 11.9. The molecule has 2 aromatic rings. The van der Waals surface area contributed by atoms with Gasteiger partial charge in [-0.25, -0.2) is 0 Å². The molecule has 2 nitrogen and oxygen atoms in total. The molecule has 1 aliphatic carbocycles. The Morgan fingerprint density at radius 2 is 1.69 bits per heavy atom. The van der Waals surface area contributed by atoms with E-state index in [-0.39, 0.29) is 0 Å². The van der Waals surface area contributed by atoms with E-state index in [0.29, 0.717) is 22.0 Å². The van der Waals surface area contributed by atoms with Crippen LogP contribution in [0.5, 0.6) is 0 Å². The van der Waals surface area contributed by atoms with Gasteiger partial charge in [-0.15, -0.1) is 0 Å². The van der Waals surface area contributed by atoms with Gasteiger partial charge < -0.3 is 4.90 Å². The quantitative estimate of drug-likeness (QED) is 0.350. The Balaban J connectivity index is 1.79. The maximum atomic E-state index is 10.6. The molecule has 0 amide bonds. The maximum absolute atomic E-state index is 10.6. The van der Waals surface area contributed by atoms with Crippen LogP contribution in [0.4, 0.5) is 0 Å². The average Bonchev–Trinajstić information content (AvgIpc) is 2.82. The van der Waals surface area contributed by atoms with Crippen LogP contribution >= 0.6 is 23.2 Å². The number of rotatable bonds is 10. The molecule has 0 bridgehead atoms. The summed E-state index contributed by atoms with van der Waals surface area (Å²) in [7, 11) is 0. The molecular formula is C28H36Cl2N2. The van der Waals surface area contributed by atoms with E-state index >= 15 is 0 Å². The topological polar surface area (TPSA) is 27.0 Å². The maximum Gasteiger partial charge on any atom is 0.0879 e. The summed E-state index contributed by atoms with van der Waals surface area (Å²) in [6.45, 7) is 6.55. The lowest BCUT2D eigenvalue weighted by atomic mass is 9.63. The minimum absolute atomic E-state index is 0.310. The third-order valence-electron chi connectivity index (χ3n) is 7.43. The second kappa shape index (κ2) is 12.1. The number of hydrogen-bond donors (Lipinski definition) is 0. The Bertz CT molecular complexity index is 866. The van der Waals surface area contributed by atoms with Gasteiger partial charge in [0.05, 0.1) is 11.5 Å². The van der Waals surface area contributed by atoms with Crippen molar-refractivity contribution in [3.05, 3.63) is 69.7 Å². The summed E-state index contributed by atoms with van der Waals surface area (Å²) in [5.41, 5.74) is 1.61. The van der Waals surface area contributed by atoms with Crippen LogP contribution in [0.1, 0.15) is 69.9 Å². The predicted octanol–water partition coefficient (Wildman–Crippen LogP) is 8.07. The highest BCUT2D eigenvalue weighted by Gasteiger charge is 2.44. The van der Waals surface area contributed by atoms with Gasteiger partial charge in [0.1, 0.15) is 0 Å². The molecule has 0 aromatic heterocycles. The molecule has 2 aromatic carbocycles. The second-order valence-electron chi connectivity index (χ2n) is 9.27. The van der Waals surface area contributed by atoms with Crippen LogP contribution in [0.2, 0.25) is 10.0 Å². The fourth-order valence-corrected chi connectivity index (χ4v) is 6.22. The highest BCUT2D eigenvalue weighted by molar-refractivity contribution is 6.36. The van der Waals surface area contributed by atoms with Crippen LogP contribution in [0, 0.1) is 17.2 Å². The summed E-state index contributed by atoms with van der Waals surface area (Å²) < 4.78 is 0. The molecule has 0 N–H and O–H groups in total. The first kappa shape index (κ1) is 25.1. The van der Waals surface area contributed by atoms with E-state index in [4.69, 9.17) is 23.2 Å². The Morgan fingerprint density at radius 3 is 2.28 bits per heavy atom. The lowest BCUT2D eigenvalue weighted by Gasteiger charge is -2.40. The molecule has 3 rings (SSSR count). The number of likely N-dealkylation sites (N-methyl/N-ethyl adjacent to an activating group) is 1. The van der Waals surface area contributed by atoms with Gasteiger partial charge in [0.25, 0.3) is 0 Å². The summed E-state index contributed by atoms with van der Waals surface area (Å²) in [6.07, 6.45) is 8.57. The summed E-state index contributed by atoms with van der Waals surface area (Å²) in [4.78, 5) is 2.53. The van der Waals surface area contributed by atoms with Crippen LogP contribution in [0.3, 0.4) is 0 Å². The Hall–Kier alpha value is -1.53. The molecule has 4 heteroatoms. The highest BCUT2D eigenvalue weighted by Crippen LogP contribution is 2.48. The second-order valence-corrected chi connectivity index (χ2v) is 10.1. The smallest absolute Gasteiger partial charge is 0.0879 e. The molecule has 1 fully saturated rings. The van der Waals surface area contributed by atoms with Gasteiger partial charge in [0.2, 0.25) is 0 Å². The molecule has 0 saturated heterocycles.